The van der Waals surface area contributed by atoms with Crippen LogP contribution in [-0.2, 0) is 4.79 Å². The maximum atomic E-state index is 11.2. The van der Waals surface area contributed by atoms with Crippen LogP contribution in [0.3, 0.4) is 0 Å². The molecule has 94 valence electrons. The van der Waals surface area contributed by atoms with Crippen LogP contribution in [0.5, 0.6) is 5.75 Å². The summed E-state index contributed by atoms with van der Waals surface area (Å²) >= 11 is 0. The number of methoxy groups -OCH3 is 1. The van der Waals surface area contributed by atoms with Crippen molar-refractivity contribution in [2.24, 2.45) is 0 Å². The highest BCUT2D eigenvalue weighted by Gasteiger charge is 2.16. The van der Waals surface area contributed by atoms with Gasteiger partial charge in [-0.05, 0) is 50.6 Å². The molecule has 0 radical (unpaired) electrons. The summed E-state index contributed by atoms with van der Waals surface area (Å²) in [6.07, 6.45) is 0.517. The van der Waals surface area contributed by atoms with Gasteiger partial charge in [0.15, 0.2) is 0 Å². The van der Waals surface area contributed by atoms with Crippen LogP contribution in [0.15, 0.2) is 12.1 Å². The minimum atomic E-state index is 0.0807. The summed E-state index contributed by atoms with van der Waals surface area (Å²) in [4.78, 5) is 11.2. The van der Waals surface area contributed by atoms with Gasteiger partial charge >= 0.3 is 0 Å². The molecule has 0 aliphatic rings. The molecule has 0 aliphatic heterocycles. The maximum absolute atomic E-state index is 11.2. The lowest BCUT2D eigenvalue weighted by molar-refractivity contribution is -0.117. The van der Waals surface area contributed by atoms with Crippen LogP contribution in [-0.4, -0.2) is 19.9 Å². The minimum absolute atomic E-state index is 0.0807. The van der Waals surface area contributed by atoms with Crippen molar-refractivity contribution < 1.29 is 9.53 Å². The van der Waals surface area contributed by atoms with Gasteiger partial charge in [-0.3, -0.25) is 4.79 Å². The summed E-state index contributed by atoms with van der Waals surface area (Å²) in [5.41, 5.74) is 3.49. The molecular weight excluding hydrogens is 214 g/mol. The normalized spacial score (nSPS) is 12.3. The Hall–Kier alpha value is -1.35. The van der Waals surface area contributed by atoms with Crippen LogP contribution in [0.4, 0.5) is 0 Å². The minimum Gasteiger partial charge on any atom is -0.496 e. The highest BCUT2D eigenvalue weighted by Crippen LogP contribution is 2.29. The molecule has 0 heterocycles. The molecule has 0 spiro atoms. The SMILES string of the molecule is CNC(CC(C)=O)c1ccc(OC)c(C)c1C. The fraction of sp³-hybridized carbons (Fsp3) is 0.500. The Morgan fingerprint density at radius 2 is 2.00 bits per heavy atom. The highest BCUT2D eigenvalue weighted by molar-refractivity contribution is 5.76. The first-order valence-electron chi connectivity index (χ1n) is 5.82. The Bertz CT molecular complexity index is 413. The Kier molecular flexibility index (Phi) is 4.70. The van der Waals surface area contributed by atoms with Crippen molar-refractivity contribution in [2.45, 2.75) is 33.2 Å². The second kappa shape index (κ2) is 5.82. The Labute approximate surface area is 103 Å². The van der Waals surface area contributed by atoms with Gasteiger partial charge in [-0.25, -0.2) is 0 Å². The van der Waals surface area contributed by atoms with Crippen LogP contribution in [0, 0.1) is 13.8 Å². The number of Topliss-reactive ketones (excluding diaryl/α,β-unsaturated/α-hetero) is 1. The predicted molar refractivity (Wildman–Crippen MR) is 69.6 cm³/mol. The van der Waals surface area contributed by atoms with Gasteiger partial charge in [-0.15, -0.1) is 0 Å². The van der Waals surface area contributed by atoms with Crippen LogP contribution in [0.25, 0.3) is 0 Å². The molecule has 0 fully saturated rings. The first-order valence-corrected chi connectivity index (χ1v) is 5.82. The molecule has 1 aromatic carbocycles. The summed E-state index contributed by atoms with van der Waals surface area (Å²) in [6, 6.07) is 4.07. The van der Waals surface area contributed by atoms with E-state index in [4.69, 9.17) is 4.74 Å². The number of rotatable bonds is 5. The number of carbonyl (C=O) groups is 1. The second-order valence-corrected chi connectivity index (χ2v) is 4.35. The first-order chi connectivity index (χ1) is 8.01. The molecule has 1 unspecified atom stereocenters. The quantitative estimate of drug-likeness (QED) is 0.852. The third-order valence-electron chi connectivity index (χ3n) is 3.21. The second-order valence-electron chi connectivity index (χ2n) is 4.35. The molecule has 1 atom stereocenters. The Morgan fingerprint density at radius 3 is 2.47 bits per heavy atom. The molecule has 3 nitrogen and oxygen atoms in total. The van der Waals surface area contributed by atoms with Crippen molar-refractivity contribution >= 4 is 5.78 Å². The largest absolute Gasteiger partial charge is 0.496 e. The number of ether oxygens (including phenoxy) is 1. The van der Waals surface area contributed by atoms with Crippen LogP contribution >= 0.6 is 0 Å². The number of hydrogen-bond donors (Lipinski definition) is 1. The average molecular weight is 235 g/mol. The fourth-order valence-electron chi connectivity index (χ4n) is 2.07. The van der Waals surface area contributed by atoms with Crippen molar-refractivity contribution in [1.29, 1.82) is 0 Å². The third-order valence-corrected chi connectivity index (χ3v) is 3.21. The van der Waals surface area contributed by atoms with Gasteiger partial charge in [-0.1, -0.05) is 6.07 Å². The van der Waals surface area contributed by atoms with Crippen LogP contribution in [0.1, 0.15) is 36.1 Å². The van der Waals surface area contributed by atoms with Crippen molar-refractivity contribution in [3.63, 3.8) is 0 Å². The zero-order chi connectivity index (χ0) is 13.0. The third kappa shape index (κ3) is 3.07. The summed E-state index contributed by atoms with van der Waals surface area (Å²) in [5.74, 6) is 1.08. The molecule has 1 N–H and O–H groups in total. The topological polar surface area (TPSA) is 38.3 Å². The lowest BCUT2D eigenvalue weighted by atomic mass is 9.94. The number of ketones is 1. The van der Waals surface area contributed by atoms with E-state index in [2.05, 4.69) is 12.2 Å². The summed E-state index contributed by atoms with van der Waals surface area (Å²) in [6.45, 7) is 5.73. The molecule has 0 aliphatic carbocycles. The average Bonchev–Trinajstić information content (AvgIpc) is 2.29. The van der Waals surface area contributed by atoms with Crippen molar-refractivity contribution in [3.05, 3.63) is 28.8 Å². The number of benzene rings is 1. The zero-order valence-electron chi connectivity index (χ0n) is 11.3. The summed E-state index contributed by atoms with van der Waals surface area (Å²) in [5, 5.41) is 3.19. The first kappa shape index (κ1) is 13.7. The maximum Gasteiger partial charge on any atom is 0.131 e. The molecular formula is C14H21NO2. The van der Waals surface area contributed by atoms with E-state index < -0.39 is 0 Å². The fourth-order valence-corrected chi connectivity index (χ4v) is 2.07. The lowest BCUT2D eigenvalue weighted by Gasteiger charge is -2.20. The molecule has 3 heteroatoms. The smallest absolute Gasteiger partial charge is 0.131 e. The van der Waals surface area contributed by atoms with E-state index >= 15 is 0 Å². The van der Waals surface area contributed by atoms with Crippen molar-refractivity contribution in [1.82, 2.24) is 5.32 Å². The molecule has 0 aromatic heterocycles. The van der Waals surface area contributed by atoms with Crippen molar-refractivity contribution in [3.8, 4) is 5.75 Å². The van der Waals surface area contributed by atoms with Gasteiger partial charge in [0.1, 0.15) is 11.5 Å². The van der Waals surface area contributed by atoms with Gasteiger partial charge < -0.3 is 10.1 Å². The predicted octanol–water partition coefficient (Wildman–Crippen LogP) is 2.55. The van der Waals surface area contributed by atoms with Crippen molar-refractivity contribution in [2.75, 3.05) is 14.2 Å². The Balaban J connectivity index is 3.12. The molecule has 1 aromatic rings. The standard InChI is InChI=1S/C14H21NO2/c1-9(16)8-13(15-4)12-6-7-14(17-5)11(3)10(12)2/h6-7,13,15H,8H2,1-5H3. The van der Waals surface area contributed by atoms with E-state index in [0.29, 0.717) is 6.42 Å². The number of carbonyl (C=O) groups excluding carboxylic acids is 1. The zero-order valence-corrected chi connectivity index (χ0v) is 11.3. The molecule has 0 amide bonds. The monoisotopic (exact) mass is 235 g/mol. The summed E-state index contributed by atoms with van der Waals surface area (Å²) < 4.78 is 5.29. The van der Waals surface area contributed by atoms with Crippen LogP contribution < -0.4 is 10.1 Å². The Morgan fingerprint density at radius 1 is 1.35 bits per heavy atom. The summed E-state index contributed by atoms with van der Waals surface area (Å²) in [7, 11) is 3.55. The van der Waals surface area contributed by atoms with E-state index in [9.17, 15) is 4.79 Å². The highest BCUT2D eigenvalue weighted by atomic mass is 16.5. The van der Waals surface area contributed by atoms with E-state index in [1.54, 1.807) is 14.0 Å². The lowest BCUT2D eigenvalue weighted by Crippen LogP contribution is -2.20. The van der Waals surface area contributed by atoms with E-state index in [1.165, 1.54) is 11.1 Å². The van der Waals surface area contributed by atoms with Gasteiger partial charge in [0, 0.05) is 12.5 Å². The number of nitrogens with one attached hydrogen (secondary N) is 1. The molecule has 0 bridgehead atoms. The van der Waals surface area contributed by atoms with E-state index in [-0.39, 0.29) is 11.8 Å². The van der Waals surface area contributed by atoms with Gasteiger partial charge in [-0.2, -0.15) is 0 Å². The van der Waals surface area contributed by atoms with E-state index in [1.807, 2.05) is 26.1 Å². The van der Waals surface area contributed by atoms with Crippen LogP contribution in [0.2, 0.25) is 0 Å². The molecule has 0 saturated carbocycles. The molecule has 1 rings (SSSR count). The van der Waals surface area contributed by atoms with Gasteiger partial charge in [0.25, 0.3) is 0 Å². The molecule has 17 heavy (non-hydrogen) atoms. The van der Waals surface area contributed by atoms with Gasteiger partial charge in [0.2, 0.25) is 0 Å². The molecule has 0 saturated heterocycles. The van der Waals surface area contributed by atoms with Gasteiger partial charge in [0.05, 0.1) is 7.11 Å². The van der Waals surface area contributed by atoms with E-state index in [0.717, 1.165) is 11.3 Å². The number of hydrogen-bond acceptors (Lipinski definition) is 3.